The van der Waals surface area contributed by atoms with E-state index in [1.165, 1.54) is 4.90 Å². The van der Waals surface area contributed by atoms with E-state index < -0.39 is 6.10 Å². The van der Waals surface area contributed by atoms with Gasteiger partial charge in [0.25, 0.3) is 5.91 Å². The van der Waals surface area contributed by atoms with Crippen LogP contribution in [0.1, 0.15) is 12.5 Å². The second kappa shape index (κ2) is 8.53. The van der Waals surface area contributed by atoms with Crippen LogP contribution in [0.25, 0.3) is 0 Å². The van der Waals surface area contributed by atoms with Gasteiger partial charge in [0.1, 0.15) is 5.75 Å². The van der Waals surface area contributed by atoms with Crippen molar-refractivity contribution in [3.05, 3.63) is 59.1 Å². The smallest absolute Gasteiger partial charge is 0.263 e. The van der Waals surface area contributed by atoms with Gasteiger partial charge in [0.15, 0.2) is 6.10 Å². The van der Waals surface area contributed by atoms with E-state index in [1.807, 2.05) is 25.1 Å². The molecule has 0 radical (unpaired) electrons. The van der Waals surface area contributed by atoms with Crippen molar-refractivity contribution in [1.82, 2.24) is 4.90 Å². The number of benzene rings is 2. The summed E-state index contributed by atoms with van der Waals surface area (Å²) in [5.74, 6) is 0.0635. The minimum Gasteiger partial charge on any atom is -0.481 e. The molecule has 0 aliphatic carbocycles. The van der Waals surface area contributed by atoms with Crippen LogP contribution in [-0.4, -0.2) is 36.4 Å². The number of likely N-dealkylation sites (N-methyl/N-ethyl adjacent to an activating group) is 1. The molecule has 2 aromatic rings. The number of nitrogens with one attached hydrogen (secondary N) is 1. The number of anilines is 1. The molecule has 0 saturated carbocycles. The maximum atomic E-state index is 12.4. The third kappa shape index (κ3) is 5.80. The fraction of sp³-hybridized carbons (Fsp3) is 0.263. The van der Waals surface area contributed by atoms with E-state index in [0.29, 0.717) is 16.5 Å². The van der Waals surface area contributed by atoms with E-state index in [4.69, 9.17) is 16.3 Å². The normalized spacial score (nSPS) is 11.5. The molecule has 0 spiro atoms. The molecular formula is C19H21ClN2O3. The summed E-state index contributed by atoms with van der Waals surface area (Å²) in [5, 5.41) is 3.31. The summed E-state index contributed by atoms with van der Waals surface area (Å²) in [6.45, 7) is 3.55. The Balaban J connectivity index is 1.88. The Kier molecular flexibility index (Phi) is 6.42. The molecule has 0 unspecified atom stereocenters. The average Bonchev–Trinajstić information content (AvgIpc) is 2.56. The fourth-order valence-electron chi connectivity index (χ4n) is 2.28. The Labute approximate surface area is 152 Å². The summed E-state index contributed by atoms with van der Waals surface area (Å²) in [6, 6.07) is 14.2. The Morgan fingerprint density at radius 1 is 1.20 bits per heavy atom. The third-order valence-corrected chi connectivity index (χ3v) is 3.79. The summed E-state index contributed by atoms with van der Waals surface area (Å²) in [7, 11) is 1.57. The van der Waals surface area contributed by atoms with Crippen LogP contribution in [0, 0.1) is 6.92 Å². The predicted octanol–water partition coefficient (Wildman–Crippen LogP) is 3.51. The maximum absolute atomic E-state index is 12.4. The molecule has 5 nitrogen and oxygen atoms in total. The molecule has 1 atom stereocenters. The number of rotatable bonds is 6. The molecule has 0 aliphatic rings. The van der Waals surface area contributed by atoms with Crippen LogP contribution in [0.5, 0.6) is 5.75 Å². The van der Waals surface area contributed by atoms with Crippen LogP contribution in [0.4, 0.5) is 5.69 Å². The van der Waals surface area contributed by atoms with Gasteiger partial charge in [0.05, 0.1) is 6.54 Å². The SMILES string of the molecule is Cc1cccc(O[C@H](C)C(=O)N(C)CC(=O)Nc2ccc(Cl)cc2)c1. The van der Waals surface area contributed by atoms with Crippen LogP contribution < -0.4 is 10.1 Å². The van der Waals surface area contributed by atoms with E-state index in [9.17, 15) is 9.59 Å². The van der Waals surface area contributed by atoms with Crippen LogP contribution in [0.2, 0.25) is 5.02 Å². The van der Waals surface area contributed by atoms with Crippen LogP contribution in [0.3, 0.4) is 0 Å². The molecule has 0 aliphatic heterocycles. The molecule has 132 valence electrons. The van der Waals surface area contributed by atoms with E-state index in [1.54, 1.807) is 44.3 Å². The highest BCUT2D eigenvalue weighted by Crippen LogP contribution is 2.15. The van der Waals surface area contributed by atoms with Crippen molar-refractivity contribution in [2.45, 2.75) is 20.0 Å². The maximum Gasteiger partial charge on any atom is 0.263 e. The molecule has 0 heterocycles. The van der Waals surface area contributed by atoms with Crippen LogP contribution in [-0.2, 0) is 9.59 Å². The molecule has 0 saturated heterocycles. The van der Waals surface area contributed by atoms with Gasteiger partial charge >= 0.3 is 0 Å². The van der Waals surface area contributed by atoms with Gasteiger partial charge in [-0.3, -0.25) is 9.59 Å². The lowest BCUT2D eigenvalue weighted by Crippen LogP contribution is -2.41. The van der Waals surface area contributed by atoms with Crippen LogP contribution >= 0.6 is 11.6 Å². The zero-order valence-electron chi connectivity index (χ0n) is 14.5. The van der Waals surface area contributed by atoms with E-state index in [0.717, 1.165) is 5.56 Å². The molecule has 0 fully saturated rings. The highest BCUT2D eigenvalue weighted by atomic mass is 35.5. The van der Waals surface area contributed by atoms with E-state index in [-0.39, 0.29) is 18.4 Å². The van der Waals surface area contributed by atoms with Gasteiger partial charge in [0.2, 0.25) is 5.91 Å². The molecule has 1 N–H and O–H groups in total. The van der Waals surface area contributed by atoms with E-state index >= 15 is 0 Å². The van der Waals surface area contributed by atoms with Gasteiger partial charge in [-0.1, -0.05) is 23.7 Å². The summed E-state index contributed by atoms with van der Waals surface area (Å²) in [6.07, 6.45) is -0.685. The monoisotopic (exact) mass is 360 g/mol. The Bertz CT molecular complexity index is 747. The standard InChI is InChI=1S/C19H21ClN2O3/c1-13-5-4-6-17(11-13)25-14(2)19(24)22(3)12-18(23)21-16-9-7-15(20)8-10-16/h4-11,14H,12H2,1-3H3,(H,21,23)/t14-/m1/s1. The van der Waals surface area contributed by atoms with Crippen molar-refractivity contribution in [3.8, 4) is 5.75 Å². The second-order valence-corrected chi connectivity index (χ2v) is 6.26. The minimum atomic E-state index is -0.685. The van der Waals surface area contributed by atoms with Gasteiger partial charge in [-0.15, -0.1) is 0 Å². The molecular weight excluding hydrogens is 340 g/mol. The summed E-state index contributed by atoms with van der Waals surface area (Å²) in [4.78, 5) is 25.8. The molecule has 6 heteroatoms. The first kappa shape index (κ1) is 18.8. The molecule has 0 aromatic heterocycles. The van der Waals surface area contributed by atoms with Crippen molar-refractivity contribution in [2.75, 3.05) is 18.9 Å². The number of hydrogen-bond donors (Lipinski definition) is 1. The summed E-state index contributed by atoms with van der Waals surface area (Å²) < 4.78 is 5.65. The lowest BCUT2D eigenvalue weighted by Gasteiger charge is -2.22. The topological polar surface area (TPSA) is 58.6 Å². The molecule has 0 bridgehead atoms. The third-order valence-electron chi connectivity index (χ3n) is 3.54. The van der Waals surface area contributed by atoms with E-state index in [2.05, 4.69) is 5.32 Å². The van der Waals surface area contributed by atoms with Gasteiger partial charge in [-0.25, -0.2) is 0 Å². The number of amides is 2. The van der Waals surface area contributed by atoms with Gasteiger partial charge in [0, 0.05) is 17.8 Å². The predicted molar refractivity (Wildman–Crippen MR) is 99.0 cm³/mol. The minimum absolute atomic E-state index is 0.0665. The van der Waals surface area contributed by atoms with Crippen LogP contribution in [0.15, 0.2) is 48.5 Å². The Morgan fingerprint density at radius 3 is 2.52 bits per heavy atom. The second-order valence-electron chi connectivity index (χ2n) is 5.83. The first-order valence-corrected chi connectivity index (χ1v) is 8.26. The quantitative estimate of drug-likeness (QED) is 0.857. The van der Waals surface area contributed by atoms with Gasteiger partial charge < -0.3 is 15.0 Å². The number of aryl methyl sites for hydroxylation is 1. The first-order valence-electron chi connectivity index (χ1n) is 7.89. The highest BCUT2D eigenvalue weighted by Gasteiger charge is 2.21. The Hall–Kier alpha value is -2.53. The molecule has 2 aromatic carbocycles. The number of nitrogens with zero attached hydrogens (tertiary/aromatic N) is 1. The average molecular weight is 361 g/mol. The number of hydrogen-bond acceptors (Lipinski definition) is 3. The molecule has 2 amide bonds. The number of halogens is 1. The van der Waals surface area contributed by atoms with Crippen molar-refractivity contribution < 1.29 is 14.3 Å². The zero-order valence-corrected chi connectivity index (χ0v) is 15.2. The molecule has 2 rings (SSSR count). The number of carbonyl (C=O) groups is 2. The van der Waals surface area contributed by atoms with Gasteiger partial charge in [-0.2, -0.15) is 0 Å². The lowest BCUT2D eigenvalue weighted by atomic mass is 10.2. The zero-order chi connectivity index (χ0) is 18.4. The first-order chi connectivity index (χ1) is 11.8. The fourth-order valence-corrected chi connectivity index (χ4v) is 2.41. The Morgan fingerprint density at radius 2 is 1.88 bits per heavy atom. The summed E-state index contributed by atoms with van der Waals surface area (Å²) >= 11 is 5.81. The van der Waals surface area contributed by atoms with Crippen molar-refractivity contribution in [3.63, 3.8) is 0 Å². The van der Waals surface area contributed by atoms with Gasteiger partial charge in [-0.05, 0) is 55.8 Å². The van der Waals surface area contributed by atoms with Crippen molar-refractivity contribution >= 4 is 29.1 Å². The largest absolute Gasteiger partial charge is 0.481 e. The number of carbonyl (C=O) groups excluding carboxylic acids is 2. The molecule has 25 heavy (non-hydrogen) atoms. The summed E-state index contributed by atoms with van der Waals surface area (Å²) in [5.41, 5.74) is 1.67. The lowest BCUT2D eigenvalue weighted by molar-refractivity contribution is -0.139. The number of ether oxygens (including phenoxy) is 1. The van der Waals surface area contributed by atoms with Crippen molar-refractivity contribution in [2.24, 2.45) is 0 Å². The van der Waals surface area contributed by atoms with Crippen molar-refractivity contribution in [1.29, 1.82) is 0 Å². The highest BCUT2D eigenvalue weighted by molar-refractivity contribution is 6.30.